The van der Waals surface area contributed by atoms with E-state index in [2.05, 4.69) is 5.32 Å². The van der Waals surface area contributed by atoms with Crippen molar-refractivity contribution in [3.05, 3.63) is 18.2 Å². The van der Waals surface area contributed by atoms with Crippen molar-refractivity contribution in [2.24, 2.45) is 5.14 Å². The first kappa shape index (κ1) is 14.7. The quantitative estimate of drug-likeness (QED) is 0.595. The fraction of sp³-hybridized carbons (Fsp3) is 0.455. The molecular formula is C11H19N3O3S. The van der Waals surface area contributed by atoms with Crippen LogP contribution in [-0.2, 0) is 10.0 Å². The van der Waals surface area contributed by atoms with E-state index in [0.29, 0.717) is 11.4 Å². The first-order chi connectivity index (χ1) is 8.04. The van der Waals surface area contributed by atoms with Gasteiger partial charge < -0.3 is 16.2 Å². The van der Waals surface area contributed by atoms with E-state index in [1.165, 1.54) is 18.2 Å². The molecule has 0 aliphatic heterocycles. The number of nitrogens with two attached hydrogens (primary N) is 2. The van der Waals surface area contributed by atoms with Gasteiger partial charge in [0, 0.05) is 0 Å². The zero-order chi connectivity index (χ0) is 14.1. The van der Waals surface area contributed by atoms with Gasteiger partial charge in [-0.05, 0) is 39.0 Å². The number of anilines is 2. The fourth-order valence-corrected chi connectivity index (χ4v) is 1.81. The van der Waals surface area contributed by atoms with Crippen molar-refractivity contribution in [1.82, 2.24) is 0 Å². The van der Waals surface area contributed by atoms with Crippen molar-refractivity contribution in [3.8, 4) is 0 Å². The molecule has 0 heterocycles. The highest BCUT2D eigenvalue weighted by Crippen LogP contribution is 2.26. The summed E-state index contributed by atoms with van der Waals surface area (Å²) < 4.78 is 22.5. The molecule has 6 N–H and O–H groups in total. The molecular weight excluding hydrogens is 254 g/mol. The summed E-state index contributed by atoms with van der Waals surface area (Å²) in [5.74, 6) is 0. The van der Waals surface area contributed by atoms with Crippen molar-refractivity contribution in [1.29, 1.82) is 0 Å². The van der Waals surface area contributed by atoms with E-state index in [1.807, 2.05) is 0 Å². The number of rotatable bonds is 4. The Labute approximate surface area is 107 Å². The van der Waals surface area contributed by atoms with Gasteiger partial charge in [-0.15, -0.1) is 0 Å². The van der Waals surface area contributed by atoms with Crippen molar-refractivity contribution >= 4 is 21.4 Å². The number of nitrogen functional groups attached to an aromatic ring is 1. The predicted molar refractivity (Wildman–Crippen MR) is 71.6 cm³/mol. The molecule has 0 aliphatic rings. The summed E-state index contributed by atoms with van der Waals surface area (Å²) in [4.78, 5) is -0.0272. The highest BCUT2D eigenvalue weighted by Gasteiger charge is 2.25. The summed E-state index contributed by atoms with van der Waals surface area (Å²) in [7, 11) is -3.78. The van der Waals surface area contributed by atoms with E-state index < -0.39 is 21.7 Å². The molecule has 1 aromatic rings. The Kier molecular flexibility index (Phi) is 3.89. The standard InChI is InChI=1S/C11H19N3O3S/c1-7(15)11(2,3)14-10-6-8(18(13,16)17)4-5-9(10)12/h4-7,14-15H,12H2,1-3H3,(H2,13,16,17). The molecule has 0 spiro atoms. The number of hydrogen-bond donors (Lipinski definition) is 4. The molecule has 0 aromatic heterocycles. The van der Waals surface area contributed by atoms with E-state index in [1.54, 1.807) is 20.8 Å². The molecule has 102 valence electrons. The van der Waals surface area contributed by atoms with E-state index in [-0.39, 0.29) is 4.90 Å². The SMILES string of the molecule is CC(O)C(C)(C)Nc1cc(S(N)(=O)=O)ccc1N. The molecule has 1 aromatic carbocycles. The third kappa shape index (κ3) is 3.34. The Morgan fingerprint density at radius 2 is 1.94 bits per heavy atom. The van der Waals surface area contributed by atoms with Crippen molar-refractivity contribution in [2.75, 3.05) is 11.1 Å². The number of benzene rings is 1. The van der Waals surface area contributed by atoms with Crippen LogP contribution < -0.4 is 16.2 Å². The lowest BCUT2D eigenvalue weighted by Crippen LogP contribution is -2.42. The van der Waals surface area contributed by atoms with Gasteiger partial charge in [0.15, 0.2) is 0 Å². The van der Waals surface area contributed by atoms with Crippen LogP contribution in [0.2, 0.25) is 0 Å². The maximum Gasteiger partial charge on any atom is 0.238 e. The molecule has 0 aliphatic carbocycles. The van der Waals surface area contributed by atoms with Gasteiger partial charge in [-0.1, -0.05) is 0 Å². The minimum absolute atomic E-state index is 0.0272. The maximum atomic E-state index is 11.3. The molecule has 0 bridgehead atoms. The van der Waals surface area contributed by atoms with E-state index in [9.17, 15) is 13.5 Å². The van der Waals surface area contributed by atoms with Crippen LogP contribution in [-0.4, -0.2) is 25.2 Å². The summed E-state index contributed by atoms with van der Waals surface area (Å²) in [6.07, 6.45) is -0.643. The Morgan fingerprint density at radius 3 is 2.39 bits per heavy atom. The first-order valence-electron chi connectivity index (χ1n) is 5.42. The number of aliphatic hydroxyl groups excluding tert-OH is 1. The molecule has 6 nitrogen and oxygen atoms in total. The molecule has 0 saturated carbocycles. The van der Waals surface area contributed by atoms with Crippen LogP contribution in [0.5, 0.6) is 0 Å². The number of primary sulfonamides is 1. The summed E-state index contributed by atoms with van der Waals surface area (Å²) in [6.45, 7) is 5.19. The largest absolute Gasteiger partial charge is 0.397 e. The van der Waals surface area contributed by atoms with E-state index in [0.717, 1.165) is 0 Å². The van der Waals surface area contributed by atoms with Gasteiger partial charge in [0.25, 0.3) is 0 Å². The summed E-state index contributed by atoms with van der Waals surface area (Å²) >= 11 is 0. The van der Waals surface area contributed by atoms with Crippen molar-refractivity contribution in [2.45, 2.75) is 37.3 Å². The van der Waals surface area contributed by atoms with Crippen LogP contribution in [0, 0.1) is 0 Å². The molecule has 0 amide bonds. The minimum Gasteiger partial charge on any atom is -0.397 e. The Morgan fingerprint density at radius 1 is 1.39 bits per heavy atom. The summed E-state index contributed by atoms with van der Waals surface area (Å²) in [5.41, 5.74) is 5.92. The first-order valence-corrected chi connectivity index (χ1v) is 6.97. The zero-order valence-corrected chi connectivity index (χ0v) is 11.5. The lowest BCUT2D eigenvalue weighted by Gasteiger charge is -2.31. The minimum atomic E-state index is -3.78. The maximum absolute atomic E-state index is 11.3. The average molecular weight is 273 g/mol. The van der Waals surface area contributed by atoms with Crippen LogP contribution in [0.25, 0.3) is 0 Å². The second-order valence-corrected chi connectivity index (χ2v) is 6.38. The number of sulfonamides is 1. The van der Waals surface area contributed by atoms with Gasteiger partial charge in [0.2, 0.25) is 10.0 Å². The van der Waals surface area contributed by atoms with Crippen LogP contribution in [0.4, 0.5) is 11.4 Å². The molecule has 7 heteroatoms. The van der Waals surface area contributed by atoms with Gasteiger partial charge >= 0.3 is 0 Å². The van der Waals surface area contributed by atoms with Gasteiger partial charge in [0.05, 0.1) is 27.9 Å². The van der Waals surface area contributed by atoms with Gasteiger partial charge in [-0.3, -0.25) is 0 Å². The highest BCUT2D eigenvalue weighted by atomic mass is 32.2. The topological polar surface area (TPSA) is 118 Å². The Bertz CT molecular complexity index is 538. The smallest absolute Gasteiger partial charge is 0.238 e. The van der Waals surface area contributed by atoms with Crippen LogP contribution >= 0.6 is 0 Å². The molecule has 0 fully saturated rings. The van der Waals surface area contributed by atoms with E-state index >= 15 is 0 Å². The Hall–Kier alpha value is -1.31. The monoisotopic (exact) mass is 273 g/mol. The van der Waals surface area contributed by atoms with Crippen LogP contribution in [0.15, 0.2) is 23.1 Å². The van der Waals surface area contributed by atoms with Crippen LogP contribution in [0.3, 0.4) is 0 Å². The van der Waals surface area contributed by atoms with Crippen molar-refractivity contribution < 1.29 is 13.5 Å². The fourth-order valence-electron chi connectivity index (χ4n) is 1.27. The summed E-state index contributed by atoms with van der Waals surface area (Å²) in [6, 6.07) is 4.15. The van der Waals surface area contributed by atoms with Gasteiger partial charge in [-0.2, -0.15) is 0 Å². The van der Waals surface area contributed by atoms with Gasteiger partial charge in [0.1, 0.15) is 0 Å². The van der Waals surface area contributed by atoms with Gasteiger partial charge in [-0.25, -0.2) is 13.6 Å². The number of aliphatic hydroxyl groups is 1. The van der Waals surface area contributed by atoms with Crippen molar-refractivity contribution in [3.63, 3.8) is 0 Å². The summed E-state index contributed by atoms with van der Waals surface area (Å²) in [5, 5.41) is 17.7. The Balaban J connectivity index is 3.18. The number of nitrogens with one attached hydrogen (secondary N) is 1. The second-order valence-electron chi connectivity index (χ2n) is 4.82. The zero-order valence-electron chi connectivity index (χ0n) is 10.6. The molecule has 18 heavy (non-hydrogen) atoms. The molecule has 1 unspecified atom stereocenters. The lowest BCUT2D eigenvalue weighted by molar-refractivity contribution is 0.133. The second kappa shape index (κ2) is 4.75. The molecule has 0 saturated heterocycles. The lowest BCUT2D eigenvalue weighted by atomic mass is 9.98. The van der Waals surface area contributed by atoms with Crippen LogP contribution in [0.1, 0.15) is 20.8 Å². The highest BCUT2D eigenvalue weighted by molar-refractivity contribution is 7.89. The molecule has 1 rings (SSSR count). The molecule has 1 atom stereocenters. The third-order valence-electron chi connectivity index (χ3n) is 2.85. The molecule has 0 radical (unpaired) electrons. The predicted octanol–water partition coefficient (Wildman–Crippen LogP) is 0.488. The average Bonchev–Trinajstić information content (AvgIpc) is 2.19. The normalized spacial score (nSPS) is 14.3. The third-order valence-corrected chi connectivity index (χ3v) is 3.77. The number of hydrogen-bond acceptors (Lipinski definition) is 5. The van der Waals surface area contributed by atoms with E-state index in [4.69, 9.17) is 10.9 Å².